The number of nitrogens with zero attached hydrogens (tertiary/aromatic N) is 2. The van der Waals surface area contributed by atoms with Crippen LogP contribution in [0.2, 0.25) is 0 Å². The quantitative estimate of drug-likeness (QED) is 0.433. The molecule has 2 atom stereocenters. The van der Waals surface area contributed by atoms with Gasteiger partial charge in [0.25, 0.3) is 0 Å². The molecule has 27 heavy (non-hydrogen) atoms. The Labute approximate surface area is 171 Å². The molecule has 0 aromatic heterocycles. The molecule has 1 aliphatic rings. The first kappa shape index (κ1) is 23.9. The Morgan fingerprint density at radius 3 is 2.41 bits per heavy atom. The van der Waals surface area contributed by atoms with Crippen LogP contribution in [0.3, 0.4) is 0 Å². The van der Waals surface area contributed by atoms with Crippen molar-refractivity contribution in [3.05, 3.63) is 0 Å². The van der Waals surface area contributed by atoms with Gasteiger partial charge in [0, 0.05) is 13.6 Å². The largest absolute Gasteiger partial charge is 0.373 e. The highest BCUT2D eigenvalue weighted by Gasteiger charge is 2.29. The summed E-state index contributed by atoms with van der Waals surface area (Å²) in [6, 6.07) is -0.790. The van der Waals surface area contributed by atoms with E-state index in [2.05, 4.69) is 12.2 Å². The van der Waals surface area contributed by atoms with E-state index in [1.54, 1.807) is 7.05 Å². The van der Waals surface area contributed by atoms with E-state index in [-0.39, 0.29) is 30.3 Å². The molecule has 0 spiro atoms. The number of hydrogen-bond acceptors (Lipinski definition) is 4. The lowest BCUT2D eigenvalue weighted by molar-refractivity contribution is -0.137. The summed E-state index contributed by atoms with van der Waals surface area (Å²) >= 11 is 5.50. The average molecular weight is 394 g/mol. The van der Waals surface area contributed by atoms with Gasteiger partial charge in [-0.15, -0.1) is 0 Å². The zero-order valence-electron chi connectivity index (χ0n) is 17.1. The van der Waals surface area contributed by atoms with Gasteiger partial charge in [-0.25, -0.2) is 0 Å². The Kier molecular flexibility index (Phi) is 10.9. The first-order valence-electron chi connectivity index (χ1n) is 10.1. The van der Waals surface area contributed by atoms with Crippen molar-refractivity contribution in [2.45, 2.75) is 70.9 Å². The lowest BCUT2D eigenvalue weighted by atomic mass is 9.84. The summed E-state index contributed by atoms with van der Waals surface area (Å²) in [5.74, 6) is -0.175. The Morgan fingerprint density at radius 2 is 1.89 bits per heavy atom. The Balaban J connectivity index is 2.57. The van der Waals surface area contributed by atoms with Gasteiger partial charge in [-0.05, 0) is 38.0 Å². The maximum absolute atomic E-state index is 12.6. The lowest BCUT2D eigenvalue weighted by Crippen LogP contribution is -2.52. The topological polar surface area (TPSA) is 78.7 Å². The molecule has 2 amide bonds. The van der Waals surface area contributed by atoms with Crippen LogP contribution in [0.25, 0.3) is 0 Å². The molecule has 0 heterocycles. The summed E-state index contributed by atoms with van der Waals surface area (Å²) in [6.45, 7) is 4.76. The molecule has 8 heteroatoms. The third-order valence-corrected chi connectivity index (χ3v) is 5.81. The van der Waals surface area contributed by atoms with E-state index in [4.69, 9.17) is 25.8 Å². The van der Waals surface area contributed by atoms with Crippen molar-refractivity contribution < 1.29 is 9.59 Å². The van der Waals surface area contributed by atoms with E-state index in [1.807, 2.05) is 11.8 Å². The van der Waals surface area contributed by atoms with Crippen LogP contribution in [0.15, 0.2) is 0 Å². The summed E-state index contributed by atoms with van der Waals surface area (Å²) in [7, 11) is 7.40. The fraction of sp³-hybridized carbons (Fsp3) is 0.842. The normalized spacial score (nSPS) is 17.0. The fourth-order valence-corrected chi connectivity index (χ4v) is 3.99. The molecule has 1 saturated carbocycles. The van der Waals surface area contributed by atoms with Crippen molar-refractivity contribution >= 4 is 36.9 Å². The Morgan fingerprint density at radius 1 is 1.26 bits per heavy atom. The molecule has 6 nitrogen and oxygen atoms in total. The van der Waals surface area contributed by atoms with Crippen LogP contribution < -0.4 is 11.1 Å². The van der Waals surface area contributed by atoms with Crippen molar-refractivity contribution in [2.24, 2.45) is 11.7 Å². The second-order valence-electron chi connectivity index (χ2n) is 7.43. The third kappa shape index (κ3) is 7.41. The molecule has 0 aliphatic heterocycles. The SMILES string of the molecule is [B]CN(CCC)C(=S)[C@H](CC)NC(=O)CN(C)C(=O)[C@@H](N)C1CCCCC1. The number of amides is 2. The minimum atomic E-state index is -0.525. The van der Waals surface area contributed by atoms with Gasteiger partial charge in [-0.2, -0.15) is 0 Å². The molecule has 2 radical (unpaired) electrons. The first-order chi connectivity index (χ1) is 12.8. The van der Waals surface area contributed by atoms with Crippen molar-refractivity contribution in [1.82, 2.24) is 15.1 Å². The van der Waals surface area contributed by atoms with E-state index in [9.17, 15) is 9.59 Å². The number of hydrogen-bond donors (Lipinski definition) is 2. The van der Waals surface area contributed by atoms with Crippen LogP contribution in [0.5, 0.6) is 0 Å². The highest BCUT2D eigenvalue weighted by molar-refractivity contribution is 7.80. The van der Waals surface area contributed by atoms with Gasteiger partial charge < -0.3 is 20.9 Å². The molecular weight excluding hydrogens is 359 g/mol. The number of likely N-dealkylation sites (N-methyl/N-ethyl adjacent to an activating group) is 1. The summed E-state index contributed by atoms with van der Waals surface area (Å²) in [4.78, 5) is 29.0. The summed E-state index contributed by atoms with van der Waals surface area (Å²) in [6.07, 6.45) is 7.38. The molecule has 152 valence electrons. The van der Waals surface area contributed by atoms with Crippen LogP contribution in [0, 0.1) is 5.92 Å². The predicted molar refractivity (Wildman–Crippen MR) is 115 cm³/mol. The van der Waals surface area contributed by atoms with Crippen LogP contribution >= 0.6 is 12.2 Å². The zero-order valence-corrected chi connectivity index (χ0v) is 17.9. The van der Waals surface area contributed by atoms with Crippen molar-refractivity contribution in [1.29, 1.82) is 0 Å². The molecule has 0 aromatic carbocycles. The average Bonchev–Trinajstić information content (AvgIpc) is 2.69. The number of rotatable bonds is 10. The van der Waals surface area contributed by atoms with Crippen LogP contribution in [-0.4, -0.2) is 73.1 Å². The smallest absolute Gasteiger partial charge is 0.240 e. The highest BCUT2D eigenvalue weighted by Crippen LogP contribution is 2.26. The minimum Gasteiger partial charge on any atom is -0.373 e. The number of carbonyl (C=O) groups is 2. The standard InChI is InChI=1S/C19H35BN4O2S/c1-4-11-24(13-20)19(27)15(5-2)22-16(25)12-23(3)18(26)17(21)14-9-7-6-8-10-14/h14-15,17H,4-13,21H2,1-3H3,(H,22,25)/t15-,17-/m0/s1. The fourth-order valence-electron chi connectivity index (χ4n) is 3.60. The third-order valence-electron chi connectivity index (χ3n) is 5.27. The summed E-state index contributed by atoms with van der Waals surface area (Å²) in [5.41, 5.74) is 6.17. The van der Waals surface area contributed by atoms with Crippen molar-refractivity contribution in [2.75, 3.05) is 26.6 Å². The van der Waals surface area contributed by atoms with Crippen molar-refractivity contribution in [3.63, 3.8) is 0 Å². The monoisotopic (exact) mass is 394 g/mol. The minimum absolute atomic E-state index is 0.0191. The molecular formula is C19H35BN4O2S. The second-order valence-corrected chi connectivity index (χ2v) is 7.85. The molecule has 0 saturated heterocycles. The van der Waals surface area contributed by atoms with Crippen LogP contribution in [0.1, 0.15) is 58.8 Å². The molecule has 1 rings (SSSR count). The Bertz CT molecular complexity index is 500. The van der Waals surface area contributed by atoms with Gasteiger partial charge in [-0.1, -0.05) is 45.3 Å². The van der Waals surface area contributed by atoms with Crippen LogP contribution in [0.4, 0.5) is 0 Å². The lowest BCUT2D eigenvalue weighted by Gasteiger charge is -2.31. The first-order valence-corrected chi connectivity index (χ1v) is 10.5. The van der Waals surface area contributed by atoms with Gasteiger partial charge in [0.2, 0.25) is 11.8 Å². The van der Waals surface area contributed by atoms with E-state index in [0.717, 1.165) is 38.6 Å². The maximum Gasteiger partial charge on any atom is 0.240 e. The molecule has 0 bridgehead atoms. The molecule has 1 aliphatic carbocycles. The number of carbonyl (C=O) groups excluding carboxylic acids is 2. The zero-order chi connectivity index (χ0) is 20.4. The van der Waals surface area contributed by atoms with Gasteiger partial charge in [0.1, 0.15) is 0 Å². The van der Waals surface area contributed by atoms with Gasteiger partial charge in [0.15, 0.2) is 0 Å². The number of thiocarbonyl (C=S) groups is 1. The summed E-state index contributed by atoms with van der Waals surface area (Å²) in [5, 5.41) is 2.93. The van der Waals surface area contributed by atoms with E-state index in [0.29, 0.717) is 17.9 Å². The van der Waals surface area contributed by atoms with E-state index < -0.39 is 6.04 Å². The molecule has 1 fully saturated rings. The number of nitrogens with one attached hydrogen (secondary N) is 1. The molecule has 3 N–H and O–H groups in total. The highest BCUT2D eigenvalue weighted by atomic mass is 32.1. The summed E-state index contributed by atoms with van der Waals surface area (Å²) < 4.78 is 0. The maximum atomic E-state index is 12.6. The van der Waals surface area contributed by atoms with Crippen LogP contribution in [-0.2, 0) is 9.59 Å². The number of nitrogens with two attached hydrogens (primary N) is 1. The van der Waals surface area contributed by atoms with E-state index in [1.165, 1.54) is 11.3 Å². The molecule has 0 unspecified atom stereocenters. The van der Waals surface area contributed by atoms with Gasteiger partial charge in [-0.3, -0.25) is 9.59 Å². The second kappa shape index (κ2) is 12.3. The Hall–Kier alpha value is -1.15. The molecule has 0 aromatic rings. The van der Waals surface area contributed by atoms with Gasteiger partial charge in [0.05, 0.1) is 31.5 Å². The predicted octanol–water partition coefficient (Wildman–Crippen LogP) is 1.41. The van der Waals surface area contributed by atoms with Gasteiger partial charge >= 0.3 is 0 Å². The van der Waals surface area contributed by atoms with E-state index >= 15 is 0 Å². The van der Waals surface area contributed by atoms with Crippen molar-refractivity contribution in [3.8, 4) is 0 Å².